The predicted molar refractivity (Wildman–Crippen MR) is 69.9 cm³/mol. The SMILES string of the molecule is COCCNS(=O)(=O)NC1(C(=O)O)CCC(C)CC1. The van der Waals surface area contributed by atoms with E-state index < -0.39 is 21.7 Å². The monoisotopic (exact) mass is 294 g/mol. The van der Waals surface area contributed by atoms with Crippen LogP contribution in [0.25, 0.3) is 0 Å². The summed E-state index contributed by atoms with van der Waals surface area (Å²) in [5.41, 5.74) is -1.38. The first-order valence-electron chi connectivity index (χ1n) is 6.32. The number of rotatable bonds is 7. The molecular weight excluding hydrogens is 272 g/mol. The number of ether oxygens (including phenoxy) is 1. The Morgan fingerprint density at radius 2 is 2.00 bits per heavy atom. The molecule has 0 aromatic rings. The second kappa shape index (κ2) is 6.65. The van der Waals surface area contributed by atoms with E-state index in [1.807, 2.05) is 6.92 Å². The molecule has 0 bridgehead atoms. The Hall–Kier alpha value is -0.700. The van der Waals surface area contributed by atoms with Crippen molar-refractivity contribution in [3.05, 3.63) is 0 Å². The molecule has 19 heavy (non-hydrogen) atoms. The van der Waals surface area contributed by atoms with Crippen molar-refractivity contribution in [3.8, 4) is 0 Å². The van der Waals surface area contributed by atoms with E-state index in [4.69, 9.17) is 4.74 Å². The molecule has 0 heterocycles. The largest absolute Gasteiger partial charge is 0.480 e. The average Bonchev–Trinajstić information content (AvgIpc) is 2.32. The lowest BCUT2D eigenvalue weighted by atomic mass is 9.78. The number of hydrogen-bond donors (Lipinski definition) is 3. The lowest BCUT2D eigenvalue weighted by Crippen LogP contribution is -2.58. The highest BCUT2D eigenvalue weighted by Gasteiger charge is 2.44. The van der Waals surface area contributed by atoms with E-state index >= 15 is 0 Å². The second-order valence-corrected chi connectivity index (χ2v) is 6.56. The van der Waals surface area contributed by atoms with Crippen LogP contribution in [0.15, 0.2) is 0 Å². The zero-order chi connectivity index (χ0) is 14.5. The second-order valence-electron chi connectivity index (χ2n) is 5.06. The first-order chi connectivity index (χ1) is 8.81. The predicted octanol–water partition coefficient (Wildman–Crippen LogP) is 0.0903. The molecule has 1 fully saturated rings. The number of carboxylic acid groups (broad SMARTS) is 1. The molecule has 0 aromatic carbocycles. The van der Waals surface area contributed by atoms with E-state index in [0.717, 1.165) is 0 Å². The van der Waals surface area contributed by atoms with Gasteiger partial charge in [0.05, 0.1) is 6.61 Å². The van der Waals surface area contributed by atoms with Crippen molar-refractivity contribution < 1.29 is 23.1 Å². The van der Waals surface area contributed by atoms with Crippen LogP contribution < -0.4 is 9.44 Å². The fourth-order valence-electron chi connectivity index (χ4n) is 2.19. The van der Waals surface area contributed by atoms with Gasteiger partial charge < -0.3 is 9.84 Å². The number of methoxy groups -OCH3 is 1. The van der Waals surface area contributed by atoms with Gasteiger partial charge in [-0.2, -0.15) is 17.9 Å². The molecule has 1 saturated carbocycles. The summed E-state index contributed by atoms with van der Waals surface area (Å²) in [4.78, 5) is 11.4. The summed E-state index contributed by atoms with van der Waals surface area (Å²) in [6.45, 7) is 2.38. The highest BCUT2D eigenvalue weighted by molar-refractivity contribution is 7.87. The molecule has 0 amide bonds. The fraction of sp³-hybridized carbons (Fsp3) is 0.909. The number of hydrogen-bond acceptors (Lipinski definition) is 4. The molecular formula is C11H22N2O5S. The molecule has 1 aliphatic carbocycles. The summed E-state index contributed by atoms with van der Waals surface area (Å²) < 4.78 is 33.0. The molecule has 0 saturated heterocycles. The molecule has 0 spiro atoms. The summed E-state index contributed by atoms with van der Waals surface area (Å²) >= 11 is 0. The topological polar surface area (TPSA) is 105 Å². The van der Waals surface area contributed by atoms with Crippen LogP contribution in [0.5, 0.6) is 0 Å². The summed E-state index contributed by atoms with van der Waals surface area (Å²) in [5, 5.41) is 9.33. The van der Waals surface area contributed by atoms with Gasteiger partial charge in [-0.3, -0.25) is 4.79 Å². The zero-order valence-corrected chi connectivity index (χ0v) is 12.1. The first-order valence-corrected chi connectivity index (χ1v) is 7.80. The quantitative estimate of drug-likeness (QED) is 0.577. The highest BCUT2D eigenvalue weighted by atomic mass is 32.2. The van der Waals surface area contributed by atoms with Gasteiger partial charge in [0, 0.05) is 13.7 Å². The van der Waals surface area contributed by atoms with Crippen LogP contribution in [0.3, 0.4) is 0 Å². The van der Waals surface area contributed by atoms with Gasteiger partial charge in [-0.15, -0.1) is 0 Å². The van der Waals surface area contributed by atoms with Crippen molar-refractivity contribution in [2.24, 2.45) is 5.92 Å². The lowest BCUT2D eigenvalue weighted by Gasteiger charge is -2.35. The Balaban J connectivity index is 2.71. The van der Waals surface area contributed by atoms with E-state index in [0.29, 0.717) is 31.6 Å². The molecule has 0 atom stereocenters. The summed E-state index contributed by atoms with van der Waals surface area (Å²) in [6.07, 6.45) is 2.03. The molecule has 8 heteroatoms. The molecule has 0 unspecified atom stereocenters. The maximum absolute atomic E-state index is 11.8. The maximum atomic E-state index is 11.8. The van der Waals surface area contributed by atoms with Crippen LogP contribution in [-0.2, 0) is 19.7 Å². The smallest absolute Gasteiger partial charge is 0.324 e. The molecule has 7 nitrogen and oxygen atoms in total. The van der Waals surface area contributed by atoms with Gasteiger partial charge in [-0.25, -0.2) is 0 Å². The van der Waals surface area contributed by atoms with Crippen molar-refractivity contribution in [1.82, 2.24) is 9.44 Å². The standard InChI is InChI=1S/C11H22N2O5S/c1-9-3-5-11(6-4-9,10(14)15)13-19(16,17)12-7-8-18-2/h9,12-13H,3-8H2,1-2H3,(H,14,15). The van der Waals surface area contributed by atoms with Crippen molar-refractivity contribution in [2.45, 2.75) is 38.1 Å². The van der Waals surface area contributed by atoms with E-state index in [1.54, 1.807) is 0 Å². The van der Waals surface area contributed by atoms with Crippen molar-refractivity contribution >= 4 is 16.2 Å². The van der Waals surface area contributed by atoms with E-state index in [2.05, 4.69) is 9.44 Å². The van der Waals surface area contributed by atoms with Crippen molar-refractivity contribution in [3.63, 3.8) is 0 Å². The average molecular weight is 294 g/mol. The van der Waals surface area contributed by atoms with E-state index in [1.165, 1.54) is 7.11 Å². The van der Waals surface area contributed by atoms with E-state index in [9.17, 15) is 18.3 Å². The molecule has 112 valence electrons. The molecule has 0 radical (unpaired) electrons. The third-order valence-corrected chi connectivity index (χ3v) is 4.71. The van der Waals surface area contributed by atoms with Gasteiger partial charge in [0.2, 0.25) is 0 Å². The Morgan fingerprint density at radius 3 is 2.47 bits per heavy atom. The van der Waals surface area contributed by atoms with Crippen LogP contribution in [0.2, 0.25) is 0 Å². The zero-order valence-electron chi connectivity index (χ0n) is 11.3. The van der Waals surface area contributed by atoms with Crippen LogP contribution >= 0.6 is 0 Å². The minimum Gasteiger partial charge on any atom is -0.480 e. The number of carboxylic acids is 1. The molecule has 1 rings (SSSR count). The third-order valence-electron chi connectivity index (χ3n) is 3.47. The van der Waals surface area contributed by atoms with Gasteiger partial charge in [0.25, 0.3) is 10.2 Å². The Labute approximate surface area is 113 Å². The first kappa shape index (κ1) is 16.4. The fourth-order valence-corrected chi connectivity index (χ4v) is 3.42. The van der Waals surface area contributed by atoms with Crippen LogP contribution in [0.1, 0.15) is 32.6 Å². The third kappa shape index (κ3) is 4.72. The minimum absolute atomic E-state index is 0.109. The number of carbonyl (C=O) groups is 1. The van der Waals surface area contributed by atoms with Gasteiger partial charge in [0.1, 0.15) is 5.54 Å². The highest BCUT2D eigenvalue weighted by Crippen LogP contribution is 2.32. The van der Waals surface area contributed by atoms with Gasteiger partial charge >= 0.3 is 5.97 Å². The Bertz CT molecular complexity index is 401. The van der Waals surface area contributed by atoms with Gasteiger partial charge in [-0.1, -0.05) is 6.92 Å². The van der Waals surface area contributed by atoms with Crippen molar-refractivity contribution in [2.75, 3.05) is 20.3 Å². The summed E-state index contributed by atoms with van der Waals surface area (Å²) in [6, 6.07) is 0. The normalized spacial score (nSPS) is 28.2. The van der Waals surface area contributed by atoms with Crippen LogP contribution in [0.4, 0.5) is 0 Å². The van der Waals surface area contributed by atoms with E-state index in [-0.39, 0.29) is 13.2 Å². The van der Waals surface area contributed by atoms with Crippen LogP contribution in [0, 0.1) is 5.92 Å². The number of nitrogens with one attached hydrogen (secondary N) is 2. The van der Waals surface area contributed by atoms with Crippen molar-refractivity contribution in [1.29, 1.82) is 0 Å². The number of aliphatic carboxylic acids is 1. The van der Waals surface area contributed by atoms with Gasteiger partial charge in [-0.05, 0) is 31.6 Å². The molecule has 3 N–H and O–H groups in total. The van der Waals surface area contributed by atoms with Crippen LogP contribution in [-0.4, -0.2) is 45.3 Å². The lowest BCUT2D eigenvalue weighted by molar-refractivity contribution is -0.145. The summed E-state index contributed by atoms with van der Waals surface area (Å²) in [5.74, 6) is -0.685. The Morgan fingerprint density at radius 1 is 1.42 bits per heavy atom. The molecule has 0 aliphatic heterocycles. The summed E-state index contributed by atoms with van der Waals surface area (Å²) in [7, 11) is -2.37. The Kier molecular flexibility index (Phi) is 5.72. The van der Waals surface area contributed by atoms with Gasteiger partial charge in [0.15, 0.2) is 0 Å². The molecule has 0 aromatic heterocycles. The maximum Gasteiger partial charge on any atom is 0.324 e. The molecule has 1 aliphatic rings. The minimum atomic E-state index is -3.84.